The number of amides is 2. The van der Waals surface area contributed by atoms with Crippen LogP contribution in [-0.2, 0) is 20.7 Å². The lowest BCUT2D eigenvalue weighted by molar-refractivity contribution is -0.138. The van der Waals surface area contributed by atoms with Crippen LogP contribution < -0.4 is 10.1 Å². The Kier molecular flexibility index (Phi) is 7.92. The molecule has 0 spiro atoms. The molecule has 6 nitrogen and oxygen atoms in total. The van der Waals surface area contributed by atoms with Gasteiger partial charge in [-0.2, -0.15) is 0 Å². The maximum atomic E-state index is 12.8. The van der Waals surface area contributed by atoms with Gasteiger partial charge in [0, 0.05) is 32.5 Å². The summed E-state index contributed by atoms with van der Waals surface area (Å²) in [5.41, 5.74) is 1.20. The predicted octanol–water partition coefficient (Wildman–Crippen LogP) is 2.94. The number of ether oxygens (including phenoxy) is 2. The van der Waals surface area contributed by atoms with Crippen molar-refractivity contribution >= 4 is 11.8 Å². The molecule has 1 saturated heterocycles. The maximum absolute atomic E-state index is 12.8. The van der Waals surface area contributed by atoms with Gasteiger partial charge < -0.3 is 19.7 Å². The van der Waals surface area contributed by atoms with Gasteiger partial charge in [0.2, 0.25) is 11.8 Å². The van der Waals surface area contributed by atoms with E-state index >= 15 is 0 Å². The summed E-state index contributed by atoms with van der Waals surface area (Å²) in [6.07, 6.45) is 6.66. The Morgan fingerprint density at radius 1 is 1.10 bits per heavy atom. The van der Waals surface area contributed by atoms with Crippen LogP contribution >= 0.6 is 0 Å². The highest BCUT2D eigenvalue weighted by atomic mass is 16.5. The van der Waals surface area contributed by atoms with Crippen molar-refractivity contribution in [2.75, 3.05) is 27.3 Å². The first-order chi connectivity index (χ1) is 14.1. The summed E-state index contributed by atoms with van der Waals surface area (Å²) in [5, 5.41) is 3.15. The molecule has 29 heavy (non-hydrogen) atoms. The molecule has 3 rings (SSSR count). The van der Waals surface area contributed by atoms with E-state index in [0.29, 0.717) is 12.8 Å². The summed E-state index contributed by atoms with van der Waals surface area (Å²) in [6.45, 7) is 1.76. The van der Waals surface area contributed by atoms with Gasteiger partial charge in [-0.1, -0.05) is 12.1 Å². The van der Waals surface area contributed by atoms with Crippen LogP contribution in [0.25, 0.3) is 0 Å². The van der Waals surface area contributed by atoms with Crippen LogP contribution in [0.4, 0.5) is 0 Å². The van der Waals surface area contributed by atoms with Crippen molar-refractivity contribution < 1.29 is 19.1 Å². The molecule has 2 fully saturated rings. The number of likely N-dealkylation sites (tertiary alicyclic amines) is 1. The molecule has 0 unspecified atom stereocenters. The van der Waals surface area contributed by atoms with E-state index in [-0.39, 0.29) is 29.9 Å². The molecule has 0 aromatic heterocycles. The first-order valence-electron chi connectivity index (χ1n) is 10.8. The molecule has 1 aromatic rings. The van der Waals surface area contributed by atoms with Crippen LogP contribution in [0, 0.1) is 5.92 Å². The Morgan fingerprint density at radius 2 is 1.83 bits per heavy atom. The Bertz CT molecular complexity index is 670. The number of carbonyl (C=O) groups excluding carboxylic acids is 2. The maximum Gasteiger partial charge on any atom is 0.225 e. The molecule has 1 saturated carbocycles. The highest BCUT2D eigenvalue weighted by Crippen LogP contribution is 2.29. The molecule has 2 aliphatic rings. The summed E-state index contributed by atoms with van der Waals surface area (Å²) < 4.78 is 10.8. The fourth-order valence-electron chi connectivity index (χ4n) is 4.52. The van der Waals surface area contributed by atoms with E-state index in [0.717, 1.165) is 57.4 Å². The minimum absolute atomic E-state index is 0.00380. The zero-order chi connectivity index (χ0) is 20.6. The molecule has 0 radical (unpaired) electrons. The molecule has 2 amide bonds. The standard InChI is InChI=1S/C23H34N2O4/c1-28-19-11-8-17(9-12-19)6-5-7-22(26)24-20-16-18(10-13-21(20)29-2)23(27)25-14-3-4-15-25/h8-9,11-12,18,20-21H,3-7,10,13-16H2,1-2H3,(H,24,26)/t18-,20+,21+/m0/s1. The molecule has 1 aliphatic heterocycles. The Balaban J connectivity index is 1.46. The van der Waals surface area contributed by atoms with Crippen molar-refractivity contribution in [3.63, 3.8) is 0 Å². The van der Waals surface area contributed by atoms with E-state index in [9.17, 15) is 9.59 Å². The number of aryl methyl sites for hydroxylation is 1. The van der Waals surface area contributed by atoms with Crippen LogP contribution in [-0.4, -0.2) is 56.2 Å². The Labute approximate surface area is 173 Å². The van der Waals surface area contributed by atoms with Gasteiger partial charge in [-0.15, -0.1) is 0 Å². The molecular formula is C23H34N2O4. The van der Waals surface area contributed by atoms with Gasteiger partial charge in [0.1, 0.15) is 5.75 Å². The van der Waals surface area contributed by atoms with Crippen LogP contribution in [0.1, 0.15) is 50.5 Å². The normalized spacial score (nSPS) is 24.3. The lowest BCUT2D eigenvalue weighted by atomic mass is 9.82. The van der Waals surface area contributed by atoms with Gasteiger partial charge in [-0.05, 0) is 62.6 Å². The number of methoxy groups -OCH3 is 2. The second-order valence-electron chi connectivity index (χ2n) is 8.19. The van der Waals surface area contributed by atoms with Gasteiger partial charge >= 0.3 is 0 Å². The first-order valence-corrected chi connectivity index (χ1v) is 10.8. The molecule has 160 valence electrons. The molecule has 1 aliphatic carbocycles. The van der Waals surface area contributed by atoms with E-state index < -0.39 is 0 Å². The van der Waals surface area contributed by atoms with Crippen molar-refractivity contribution in [1.29, 1.82) is 0 Å². The fraction of sp³-hybridized carbons (Fsp3) is 0.652. The second kappa shape index (κ2) is 10.6. The summed E-state index contributed by atoms with van der Waals surface area (Å²) in [5.74, 6) is 1.15. The van der Waals surface area contributed by atoms with Crippen molar-refractivity contribution in [1.82, 2.24) is 10.2 Å². The largest absolute Gasteiger partial charge is 0.497 e. The van der Waals surface area contributed by atoms with Crippen molar-refractivity contribution in [2.24, 2.45) is 5.92 Å². The van der Waals surface area contributed by atoms with Crippen LogP contribution in [0.15, 0.2) is 24.3 Å². The van der Waals surface area contributed by atoms with Gasteiger partial charge in [0.05, 0.1) is 19.3 Å². The number of carbonyl (C=O) groups is 2. The predicted molar refractivity (Wildman–Crippen MR) is 112 cm³/mol. The number of nitrogens with one attached hydrogen (secondary N) is 1. The molecule has 1 heterocycles. The Morgan fingerprint density at radius 3 is 2.48 bits per heavy atom. The van der Waals surface area contributed by atoms with Crippen molar-refractivity contribution in [2.45, 2.75) is 63.5 Å². The highest BCUT2D eigenvalue weighted by Gasteiger charge is 2.36. The SMILES string of the molecule is COc1ccc(CCCC(=O)N[C@@H]2C[C@@H](C(=O)N3CCCC3)CC[C@H]2OC)cc1. The quantitative estimate of drug-likeness (QED) is 0.726. The summed E-state index contributed by atoms with van der Waals surface area (Å²) in [7, 11) is 3.34. The van der Waals surface area contributed by atoms with Crippen molar-refractivity contribution in [3.8, 4) is 5.75 Å². The number of rotatable bonds is 8. The van der Waals surface area contributed by atoms with Crippen LogP contribution in [0.5, 0.6) is 5.75 Å². The number of benzene rings is 1. The smallest absolute Gasteiger partial charge is 0.225 e. The molecular weight excluding hydrogens is 368 g/mol. The number of hydrogen-bond acceptors (Lipinski definition) is 4. The van der Waals surface area contributed by atoms with E-state index in [1.807, 2.05) is 29.2 Å². The van der Waals surface area contributed by atoms with Crippen molar-refractivity contribution in [3.05, 3.63) is 29.8 Å². The topological polar surface area (TPSA) is 67.9 Å². The van der Waals surface area contributed by atoms with Crippen LogP contribution in [0.2, 0.25) is 0 Å². The molecule has 1 aromatic carbocycles. The third-order valence-corrected chi connectivity index (χ3v) is 6.23. The third kappa shape index (κ3) is 5.95. The van der Waals surface area contributed by atoms with E-state index in [1.54, 1.807) is 14.2 Å². The van der Waals surface area contributed by atoms with Gasteiger partial charge in [-0.25, -0.2) is 0 Å². The summed E-state index contributed by atoms with van der Waals surface area (Å²) >= 11 is 0. The fourth-order valence-corrected chi connectivity index (χ4v) is 4.52. The Hall–Kier alpha value is -2.08. The summed E-state index contributed by atoms with van der Waals surface area (Å²) in [6, 6.07) is 7.87. The minimum Gasteiger partial charge on any atom is -0.497 e. The monoisotopic (exact) mass is 402 g/mol. The lowest BCUT2D eigenvalue weighted by Crippen LogP contribution is -2.50. The van der Waals surface area contributed by atoms with E-state index in [2.05, 4.69) is 5.32 Å². The second-order valence-corrected chi connectivity index (χ2v) is 8.19. The number of nitrogens with zero attached hydrogens (tertiary/aromatic N) is 1. The van der Waals surface area contributed by atoms with E-state index in [1.165, 1.54) is 5.56 Å². The third-order valence-electron chi connectivity index (χ3n) is 6.23. The zero-order valence-electron chi connectivity index (χ0n) is 17.7. The van der Waals surface area contributed by atoms with Crippen LogP contribution in [0.3, 0.4) is 0 Å². The highest BCUT2D eigenvalue weighted by molar-refractivity contribution is 5.80. The van der Waals surface area contributed by atoms with Gasteiger partial charge in [-0.3, -0.25) is 9.59 Å². The van der Waals surface area contributed by atoms with Gasteiger partial charge in [0.15, 0.2) is 0 Å². The van der Waals surface area contributed by atoms with E-state index in [4.69, 9.17) is 9.47 Å². The summed E-state index contributed by atoms with van der Waals surface area (Å²) in [4.78, 5) is 27.3. The molecule has 3 atom stereocenters. The molecule has 0 bridgehead atoms. The average molecular weight is 403 g/mol. The number of hydrogen-bond donors (Lipinski definition) is 1. The minimum atomic E-state index is -0.0845. The zero-order valence-corrected chi connectivity index (χ0v) is 17.7. The molecule has 1 N–H and O–H groups in total. The average Bonchev–Trinajstić information content (AvgIpc) is 3.28. The molecule has 6 heteroatoms. The first kappa shape index (κ1) is 21.6. The van der Waals surface area contributed by atoms with Gasteiger partial charge in [0.25, 0.3) is 0 Å². The lowest BCUT2D eigenvalue weighted by Gasteiger charge is -2.36.